The molecule has 4 N–H and O–H groups in total. The Morgan fingerprint density at radius 1 is 1.40 bits per heavy atom. The maximum Gasteiger partial charge on any atom is 0.110 e. The fourth-order valence-electron chi connectivity index (χ4n) is 1.13. The molecule has 0 aromatic heterocycles. The van der Waals surface area contributed by atoms with Gasteiger partial charge in [-0.1, -0.05) is 0 Å². The lowest BCUT2D eigenvalue weighted by molar-refractivity contribution is 0.0223. The van der Waals surface area contributed by atoms with Crippen molar-refractivity contribution in [2.75, 3.05) is 6.54 Å². The maximum absolute atomic E-state index is 9.17. The SMILES string of the molecule is CC1O[C@@H](CN)[C@H](O)[C@@H]1O. The van der Waals surface area contributed by atoms with Crippen LogP contribution in [0.1, 0.15) is 6.92 Å². The van der Waals surface area contributed by atoms with Gasteiger partial charge in [-0.15, -0.1) is 0 Å². The van der Waals surface area contributed by atoms with Crippen LogP contribution in [0.25, 0.3) is 0 Å². The van der Waals surface area contributed by atoms with Crippen molar-refractivity contribution >= 4 is 0 Å². The molecule has 0 radical (unpaired) electrons. The van der Waals surface area contributed by atoms with Gasteiger partial charge in [-0.25, -0.2) is 0 Å². The van der Waals surface area contributed by atoms with Crippen LogP contribution >= 0.6 is 0 Å². The molecule has 1 aliphatic rings. The molecule has 1 saturated heterocycles. The Morgan fingerprint density at radius 2 is 2.00 bits per heavy atom. The van der Waals surface area contributed by atoms with Crippen LogP contribution in [0, 0.1) is 0 Å². The minimum Gasteiger partial charge on any atom is -0.388 e. The number of nitrogens with two attached hydrogens (primary N) is 1. The van der Waals surface area contributed by atoms with Gasteiger partial charge < -0.3 is 20.7 Å². The Bertz CT molecular complexity index is 120. The molecule has 0 spiro atoms. The smallest absolute Gasteiger partial charge is 0.110 e. The van der Waals surface area contributed by atoms with Gasteiger partial charge in [-0.3, -0.25) is 0 Å². The average Bonchev–Trinajstić information content (AvgIpc) is 2.17. The van der Waals surface area contributed by atoms with Gasteiger partial charge in [0.15, 0.2) is 0 Å². The van der Waals surface area contributed by atoms with E-state index in [0.29, 0.717) is 0 Å². The standard InChI is InChI=1S/C6H13NO3/c1-3-5(8)6(9)4(2-7)10-3/h3-6,8-9H,2,7H2,1H3/t3?,4-,5+,6-/m0/s1. The summed E-state index contributed by atoms with van der Waals surface area (Å²) >= 11 is 0. The van der Waals surface area contributed by atoms with Gasteiger partial charge in [0.1, 0.15) is 12.2 Å². The summed E-state index contributed by atoms with van der Waals surface area (Å²) in [6.07, 6.45) is -2.30. The second-order valence-corrected chi connectivity index (χ2v) is 2.60. The molecule has 10 heavy (non-hydrogen) atoms. The van der Waals surface area contributed by atoms with E-state index in [4.69, 9.17) is 15.6 Å². The van der Waals surface area contributed by atoms with E-state index in [0.717, 1.165) is 0 Å². The number of hydrogen-bond donors (Lipinski definition) is 3. The Balaban J connectivity index is 2.53. The summed E-state index contributed by atoms with van der Waals surface area (Å²) in [5.41, 5.74) is 5.25. The lowest BCUT2D eigenvalue weighted by Crippen LogP contribution is -2.35. The highest BCUT2D eigenvalue weighted by Crippen LogP contribution is 2.19. The number of aliphatic hydroxyl groups is 2. The highest BCUT2D eigenvalue weighted by atomic mass is 16.5. The first-order chi connectivity index (χ1) is 4.66. The van der Waals surface area contributed by atoms with Crippen molar-refractivity contribution in [3.63, 3.8) is 0 Å². The molecule has 0 saturated carbocycles. The van der Waals surface area contributed by atoms with Crippen molar-refractivity contribution < 1.29 is 14.9 Å². The second-order valence-electron chi connectivity index (χ2n) is 2.60. The molecule has 4 heteroatoms. The summed E-state index contributed by atoms with van der Waals surface area (Å²) in [6.45, 7) is 1.96. The molecular formula is C6H13NO3. The first-order valence-corrected chi connectivity index (χ1v) is 3.38. The zero-order valence-electron chi connectivity index (χ0n) is 5.90. The molecule has 0 aromatic carbocycles. The van der Waals surface area contributed by atoms with Crippen LogP contribution in [0.3, 0.4) is 0 Å². The molecule has 0 aliphatic carbocycles. The molecular weight excluding hydrogens is 134 g/mol. The molecule has 1 heterocycles. The Morgan fingerprint density at radius 3 is 2.20 bits per heavy atom. The Hall–Kier alpha value is -0.160. The zero-order valence-corrected chi connectivity index (χ0v) is 5.90. The molecule has 1 fully saturated rings. The predicted octanol–water partition coefficient (Wildman–Crippen LogP) is -1.55. The van der Waals surface area contributed by atoms with Gasteiger partial charge in [0.05, 0.1) is 12.2 Å². The van der Waals surface area contributed by atoms with Gasteiger partial charge in [-0.2, -0.15) is 0 Å². The average molecular weight is 147 g/mol. The number of rotatable bonds is 1. The first-order valence-electron chi connectivity index (χ1n) is 3.38. The topological polar surface area (TPSA) is 75.7 Å². The molecule has 0 bridgehead atoms. The monoisotopic (exact) mass is 147 g/mol. The van der Waals surface area contributed by atoms with Crippen LogP contribution in [0.15, 0.2) is 0 Å². The lowest BCUT2D eigenvalue weighted by atomic mass is 10.1. The van der Waals surface area contributed by atoms with Gasteiger partial charge in [0, 0.05) is 6.54 Å². The summed E-state index contributed by atoms with van der Waals surface area (Å²) < 4.78 is 5.11. The van der Waals surface area contributed by atoms with Gasteiger partial charge in [0.2, 0.25) is 0 Å². The lowest BCUT2D eigenvalue weighted by Gasteiger charge is -2.10. The zero-order chi connectivity index (χ0) is 7.72. The molecule has 1 aliphatic heterocycles. The van der Waals surface area contributed by atoms with E-state index in [9.17, 15) is 5.11 Å². The van der Waals surface area contributed by atoms with Crippen molar-refractivity contribution in [1.82, 2.24) is 0 Å². The van der Waals surface area contributed by atoms with Crippen LogP contribution in [0.5, 0.6) is 0 Å². The Kier molecular flexibility index (Phi) is 2.25. The highest BCUT2D eigenvalue weighted by Gasteiger charge is 2.38. The quantitative estimate of drug-likeness (QED) is 0.420. The van der Waals surface area contributed by atoms with Crippen molar-refractivity contribution in [3.05, 3.63) is 0 Å². The predicted molar refractivity (Wildman–Crippen MR) is 35.4 cm³/mol. The van der Waals surface area contributed by atoms with E-state index in [2.05, 4.69) is 0 Å². The molecule has 4 nitrogen and oxygen atoms in total. The maximum atomic E-state index is 9.17. The third-order valence-corrected chi connectivity index (χ3v) is 1.83. The largest absolute Gasteiger partial charge is 0.388 e. The summed E-state index contributed by atoms with van der Waals surface area (Å²) in [5.74, 6) is 0. The minimum atomic E-state index is -0.819. The highest BCUT2D eigenvalue weighted by molar-refractivity contribution is 4.88. The Labute approximate surface area is 59.6 Å². The van der Waals surface area contributed by atoms with E-state index >= 15 is 0 Å². The van der Waals surface area contributed by atoms with E-state index < -0.39 is 18.3 Å². The summed E-state index contributed by atoms with van der Waals surface area (Å²) in [6, 6.07) is 0. The molecule has 0 amide bonds. The van der Waals surface area contributed by atoms with E-state index in [1.165, 1.54) is 0 Å². The van der Waals surface area contributed by atoms with Crippen molar-refractivity contribution in [3.8, 4) is 0 Å². The summed E-state index contributed by atoms with van der Waals surface area (Å²) in [5, 5.41) is 18.3. The van der Waals surface area contributed by atoms with E-state index in [-0.39, 0.29) is 12.6 Å². The van der Waals surface area contributed by atoms with Crippen LogP contribution in [0.4, 0.5) is 0 Å². The van der Waals surface area contributed by atoms with Crippen LogP contribution in [0.2, 0.25) is 0 Å². The molecule has 1 rings (SSSR count). The van der Waals surface area contributed by atoms with Crippen LogP contribution in [-0.2, 0) is 4.74 Å². The van der Waals surface area contributed by atoms with E-state index in [1.807, 2.05) is 0 Å². The number of hydrogen-bond acceptors (Lipinski definition) is 4. The van der Waals surface area contributed by atoms with Crippen LogP contribution in [-0.4, -0.2) is 41.2 Å². The van der Waals surface area contributed by atoms with Gasteiger partial charge in [-0.05, 0) is 6.92 Å². The van der Waals surface area contributed by atoms with Gasteiger partial charge in [0.25, 0.3) is 0 Å². The normalized spacial score (nSPS) is 48.0. The number of aliphatic hydroxyl groups excluding tert-OH is 2. The fraction of sp³-hybridized carbons (Fsp3) is 1.00. The van der Waals surface area contributed by atoms with Crippen LogP contribution < -0.4 is 5.73 Å². The van der Waals surface area contributed by atoms with E-state index in [1.54, 1.807) is 6.92 Å². The first kappa shape index (κ1) is 7.94. The summed E-state index contributed by atoms with van der Waals surface area (Å²) in [4.78, 5) is 0. The van der Waals surface area contributed by atoms with Gasteiger partial charge >= 0.3 is 0 Å². The molecule has 0 aromatic rings. The summed E-state index contributed by atoms with van der Waals surface area (Å²) in [7, 11) is 0. The van der Waals surface area contributed by atoms with Crippen molar-refractivity contribution in [1.29, 1.82) is 0 Å². The third kappa shape index (κ3) is 1.15. The van der Waals surface area contributed by atoms with Crippen molar-refractivity contribution in [2.45, 2.75) is 31.3 Å². The molecule has 1 unspecified atom stereocenters. The fourth-order valence-corrected chi connectivity index (χ4v) is 1.13. The second kappa shape index (κ2) is 2.84. The third-order valence-electron chi connectivity index (χ3n) is 1.83. The molecule has 4 atom stereocenters. The minimum absolute atomic E-state index is 0.253. The number of ether oxygens (including phenoxy) is 1. The van der Waals surface area contributed by atoms with Crippen molar-refractivity contribution in [2.24, 2.45) is 5.73 Å². The molecule has 60 valence electrons.